The van der Waals surface area contributed by atoms with E-state index in [1.54, 1.807) is 12.3 Å². The van der Waals surface area contributed by atoms with Crippen LogP contribution in [0.1, 0.15) is 22.4 Å². The van der Waals surface area contributed by atoms with Crippen LogP contribution in [0.15, 0.2) is 36.5 Å². The lowest BCUT2D eigenvalue weighted by Crippen LogP contribution is -2.08. The Morgan fingerprint density at radius 2 is 1.90 bits per heavy atom. The van der Waals surface area contributed by atoms with Gasteiger partial charge in [0.2, 0.25) is 0 Å². The summed E-state index contributed by atoms with van der Waals surface area (Å²) in [6.45, 7) is 1.92. The van der Waals surface area contributed by atoms with E-state index < -0.39 is 11.7 Å². The van der Waals surface area contributed by atoms with Crippen molar-refractivity contribution in [2.45, 2.75) is 19.5 Å². The van der Waals surface area contributed by atoms with Crippen LogP contribution in [-0.2, 0) is 12.6 Å². The second-order valence-electron chi connectivity index (χ2n) is 4.53. The number of alkyl halides is 3. The van der Waals surface area contributed by atoms with Gasteiger partial charge in [-0.15, -0.1) is 0 Å². The second-order valence-corrected chi connectivity index (χ2v) is 4.53. The van der Waals surface area contributed by atoms with E-state index in [0.29, 0.717) is 12.0 Å². The van der Waals surface area contributed by atoms with E-state index in [-0.39, 0.29) is 5.75 Å². The van der Waals surface area contributed by atoms with Gasteiger partial charge in [-0.3, -0.25) is 4.98 Å². The number of aryl methyl sites for hydroxylation is 1. The van der Waals surface area contributed by atoms with Crippen LogP contribution in [0.25, 0.3) is 0 Å². The van der Waals surface area contributed by atoms with E-state index >= 15 is 0 Å². The third-order valence-electron chi connectivity index (χ3n) is 2.93. The molecule has 2 nitrogen and oxygen atoms in total. The maximum Gasteiger partial charge on any atom is 0.419 e. The van der Waals surface area contributed by atoms with Crippen molar-refractivity contribution in [3.63, 3.8) is 0 Å². The Morgan fingerprint density at radius 1 is 1.15 bits per heavy atom. The van der Waals surface area contributed by atoms with Gasteiger partial charge >= 0.3 is 6.18 Å². The van der Waals surface area contributed by atoms with Crippen molar-refractivity contribution in [3.8, 4) is 5.75 Å². The normalized spacial score (nSPS) is 11.4. The van der Waals surface area contributed by atoms with Crippen LogP contribution in [0.2, 0.25) is 0 Å². The molecule has 2 aromatic rings. The fraction of sp³-hybridized carbons (Fsp3) is 0.267. The molecule has 106 valence electrons. The number of aromatic nitrogens is 1. The fourth-order valence-corrected chi connectivity index (χ4v) is 1.99. The summed E-state index contributed by atoms with van der Waals surface area (Å²) in [5.74, 6) is -0.168. The lowest BCUT2D eigenvalue weighted by molar-refractivity contribution is -0.138. The maximum absolute atomic E-state index is 12.9. The number of benzene rings is 1. The molecule has 0 atom stereocenters. The van der Waals surface area contributed by atoms with Crippen molar-refractivity contribution >= 4 is 0 Å². The molecule has 0 saturated carbocycles. The first-order chi connectivity index (χ1) is 9.40. The summed E-state index contributed by atoms with van der Waals surface area (Å²) in [4.78, 5) is 4.16. The van der Waals surface area contributed by atoms with Crippen LogP contribution in [-0.4, -0.2) is 12.1 Å². The number of halogens is 3. The van der Waals surface area contributed by atoms with Crippen LogP contribution < -0.4 is 4.74 Å². The number of hydrogen-bond acceptors (Lipinski definition) is 2. The Balaban J connectivity index is 2.34. The number of methoxy groups -OCH3 is 1. The van der Waals surface area contributed by atoms with Crippen molar-refractivity contribution in [2.24, 2.45) is 0 Å². The molecular formula is C15H14F3NO. The Morgan fingerprint density at radius 3 is 2.50 bits per heavy atom. The Bertz CT molecular complexity index is 608. The van der Waals surface area contributed by atoms with Crippen LogP contribution in [0.3, 0.4) is 0 Å². The van der Waals surface area contributed by atoms with E-state index in [4.69, 9.17) is 4.74 Å². The van der Waals surface area contributed by atoms with E-state index in [0.717, 1.165) is 17.3 Å². The third-order valence-corrected chi connectivity index (χ3v) is 2.93. The molecule has 1 heterocycles. The Hall–Kier alpha value is -2.04. The van der Waals surface area contributed by atoms with Crippen LogP contribution in [0.4, 0.5) is 13.2 Å². The Labute approximate surface area is 115 Å². The summed E-state index contributed by atoms with van der Waals surface area (Å²) >= 11 is 0. The van der Waals surface area contributed by atoms with Crippen LogP contribution in [0.5, 0.6) is 5.75 Å². The molecule has 0 aliphatic carbocycles. The number of pyridine rings is 1. The minimum atomic E-state index is -4.43. The molecule has 0 aliphatic rings. The average molecular weight is 281 g/mol. The van der Waals surface area contributed by atoms with E-state index in [9.17, 15) is 13.2 Å². The van der Waals surface area contributed by atoms with Crippen molar-refractivity contribution in [1.82, 2.24) is 4.98 Å². The number of hydrogen-bond donors (Lipinski definition) is 0. The third kappa shape index (κ3) is 3.29. The predicted octanol–water partition coefficient (Wildman–Crippen LogP) is 4.01. The molecule has 0 unspecified atom stereocenters. The molecule has 0 fully saturated rings. The zero-order valence-electron chi connectivity index (χ0n) is 11.2. The SMILES string of the molecule is COc1ccc(Cc2cc(C)ccn2)cc1C(F)(F)F. The van der Waals surface area contributed by atoms with Gasteiger partial charge in [0, 0.05) is 18.3 Å². The van der Waals surface area contributed by atoms with Gasteiger partial charge in [0.15, 0.2) is 0 Å². The summed E-state index contributed by atoms with van der Waals surface area (Å²) in [7, 11) is 1.23. The number of ether oxygens (including phenoxy) is 1. The highest BCUT2D eigenvalue weighted by Crippen LogP contribution is 2.36. The number of nitrogens with zero attached hydrogens (tertiary/aromatic N) is 1. The zero-order valence-corrected chi connectivity index (χ0v) is 11.2. The van der Waals surface area contributed by atoms with Crippen molar-refractivity contribution in [3.05, 3.63) is 58.9 Å². The molecule has 0 bridgehead atoms. The smallest absolute Gasteiger partial charge is 0.419 e. The molecular weight excluding hydrogens is 267 g/mol. The van der Waals surface area contributed by atoms with Crippen LogP contribution in [0, 0.1) is 6.92 Å². The monoisotopic (exact) mass is 281 g/mol. The van der Waals surface area contributed by atoms with Crippen molar-refractivity contribution in [2.75, 3.05) is 7.11 Å². The molecule has 2 rings (SSSR count). The standard InChI is InChI=1S/C15H14F3NO/c1-10-5-6-19-12(7-10)8-11-3-4-14(20-2)13(9-11)15(16,17)18/h3-7,9H,8H2,1-2H3. The summed E-state index contributed by atoms with van der Waals surface area (Å²) in [6.07, 6.45) is -2.42. The first-order valence-electron chi connectivity index (χ1n) is 6.06. The highest BCUT2D eigenvalue weighted by Gasteiger charge is 2.34. The van der Waals surface area contributed by atoms with Gasteiger partial charge in [0.25, 0.3) is 0 Å². The summed E-state index contributed by atoms with van der Waals surface area (Å²) in [5.41, 5.74) is 1.56. The highest BCUT2D eigenvalue weighted by molar-refractivity contribution is 5.40. The van der Waals surface area contributed by atoms with Gasteiger partial charge in [-0.1, -0.05) is 6.07 Å². The van der Waals surface area contributed by atoms with E-state index in [1.807, 2.05) is 19.1 Å². The number of rotatable bonds is 3. The predicted molar refractivity (Wildman–Crippen MR) is 69.8 cm³/mol. The molecule has 0 N–H and O–H groups in total. The minimum Gasteiger partial charge on any atom is -0.496 e. The average Bonchev–Trinajstić information content (AvgIpc) is 2.37. The maximum atomic E-state index is 12.9. The molecule has 0 aliphatic heterocycles. The molecule has 0 saturated heterocycles. The zero-order chi connectivity index (χ0) is 14.8. The van der Waals surface area contributed by atoms with Crippen molar-refractivity contribution < 1.29 is 17.9 Å². The van der Waals surface area contributed by atoms with Gasteiger partial charge in [-0.25, -0.2) is 0 Å². The second kappa shape index (κ2) is 5.53. The lowest BCUT2D eigenvalue weighted by atomic mass is 10.0. The first-order valence-corrected chi connectivity index (χ1v) is 6.06. The summed E-state index contributed by atoms with van der Waals surface area (Å²) in [5, 5.41) is 0. The van der Waals surface area contributed by atoms with Gasteiger partial charge in [-0.2, -0.15) is 13.2 Å². The highest BCUT2D eigenvalue weighted by atomic mass is 19.4. The molecule has 0 spiro atoms. The van der Waals surface area contributed by atoms with E-state index in [1.165, 1.54) is 13.2 Å². The van der Waals surface area contributed by atoms with Gasteiger partial charge in [0.05, 0.1) is 12.7 Å². The van der Waals surface area contributed by atoms with E-state index in [2.05, 4.69) is 4.98 Å². The topological polar surface area (TPSA) is 22.1 Å². The van der Waals surface area contributed by atoms with Crippen LogP contribution >= 0.6 is 0 Å². The summed E-state index contributed by atoms with van der Waals surface area (Å²) in [6, 6.07) is 7.78. The van der Waals surface area contributed by atoms with Crippen molar-refractivity contribution in [1.29, 1.82) is 0 Å². The molecule has 1 aromatic heterocycles. The van der Waals surface area contributed by atoms with Gasteiger partial charge in [0.1, 0.15) is 5.75 Å². The lowest BCUT2D eigenvalue weighted by Gasteiger charge is -2.13. The molecule has 1 aromatic carbocycles. The minimum absolute atomic E-state index is 0.168. The Kier molecular flexibility index (Phi) is 3.97. The summed E-state index contributed by atoms with van der Waals surface area (Å²) < 4.78 is 43.5. The van der Waals surface area contributed by atoms with Gasteiger partial charge in [-0.05, 0) is 42.3 Å². The van der Waals surface area contributed by atoms with Gasteiger partial charge < -0.3 is 4.74 Å². The molecule has 5 heteroatoms. The molecule has 20 heavy (non-hydrogen) atoms. The largest absolute Gasteiger partial charge is 0.496 e. The molecule has 0 radical (unpaired) electrons. The first kappa shape index (κ1) is 14.4. The quantitative estimate of drug-likeness (QED) is 0.848. The fourth-order valence-electron chi connectivity index (χ4n) is 1.99. The molecule has 0 amide bonds.